The Labute approximate surface area is 125 Å². The molecule has 4 nitrogen and oxygen atoms in total. The first-order valence-corrected chi connectivity index (χ1v) is 6.66. The van der Waals surface area contributed by atoms with E-state index in [-0.39, 0.29) is 0 Å². The van der Waals surface area contributed by atoms with Crippen LogP contribution in [0.4, 0.5) is 0 Å². The Morgan fingerprint density at radius 2 is 1.41 bits per heavy atom. The highest BCUT2D eigenvalue weighted by atomic mass is 16.4. The summed E-state index contributed by atoms with van der Waals surface area (Å²) in [6.07, 6.45) is 1.21. The van der Waals surface area contributed by atoms with Crippen LogP contribution in [0.25, 0.3) is 27.6 Å². The van der Waals surface area contributed by atoms with Crippen LogP contribution in [0.1, 0.15) is 5.56 Å². The van der Waals surface area contributed by atoms with Gasteiger partial charge in [0.15, 0.2) is 0 Å². The first-order valence-electron chi connectivity index (χ1n) is 6.66. The number of carboxylic acids is 2. The van der Waals surface area contributed by atoms with Gasteiger partial charge in [-0.05, 0) is 33.2 Å². The third-order valence-corrected chi connectivity index (χ3v) is 3.56. The maximum absolute atomic E-state index is 11.1. The van der Waals surface area contributed by atoms with Crippen molar-refractivity contribution in [2.45, 2.75) is 0 Å². The van der Waals surface area contributed by atoms with Gasteiger partial charge in [0.05, 0.1) is 0 Å². The average Bonchev–Trinajstić information content (AvgIpc) is 2.51. The van der Waals surface area contributed by atoms with E-state index in [0.29, 0.717) is 5.56 Å². The number of aliphatic carboxylic acids is 2. The van der Waals surface area contributed by atoms with E-state index >= 15 is 0 Å². The molecular weight excluding hydrogens is 280 g/mol. The van der Waals surface area contributed by atoms with E-state index in [1.165, 1.54) is 6.08 Å². The Balaban J connectivity index is 2.39. The monoisotopic (exact) mass is 292 g/mol. The van der Waals surface area contributed by atoms with E-state index in [0.717, 1.165) is 21.5 Å². The van der Waals surface area contributed by atoms with Crippen molar-refractivity contribution < 1.29 is 19.8 Å². The predicted molar refractivity (Wildman–Crippen MR) is 84.7 cm³/mol. The zero-order chi connectivity index (χ0) is 15.7. The van der Waals surface area contributed by atoms with Crippen molar-refractivity contribution in [2.24, 2.45) is 0 Å². The van der Waals surface area contributed by atoms with Crippen LogP contribution in [0.15, 0.2) is 60.2 Å². The number of hydrogen-bond donors (Lipinski definition) is 2. The van der Waals surface area contributed by atoms with Gasteiger partial charge in [0, 0.05) is 0 Å². The Kier molecular flexibility index (Phi) is 3.35. The normalized spacial score (nSPS) is 10.5. The quantitative estimate of drug-likeness (QED) is 0.335. The van der Waals surface area contributed by atoms with Crippen LogP contribution in [-0.4, -0.2) is 22.2 Å². The fourth-order valence-electron chi connectivity index (χ4n) is 2.58. The molecule has 0 amide bonds. The van der Waals surface area contributed by atoms with E-state index in [2.05, 4.69) is 0 Å². The van der Waals surface area contributed by atoms with E-state index in [4.69, 9.17) is 10.2 Å². The molecule has 0 saturated heterocycles. The molecule has 0 heterocycles. The van der Waals surface area contributed by atoms with Crippen molar-refractivity contribution in [3.05, 3.63) is 65.7 Å². The predicted octanol–water partition coefficient (Wildman–Crippen LogP) is 3.55. The van der Waals surface area contributed by atoms with Crippen molar-refractivity contribution in [3.63, 3.8) is 0 Å². The molecule has 0 aromatic heterocycles. The highest BCUT2D eigenvalue weighted by Gasteiger charge is 2.16. The molecule has 0 bridgehead atoms. The molecule has 4 heteroatoms. The fourth-order valence-corrected chi connectivity index (χ4v) is 2.58. The van der Waals surface area contributed by atoms with Crippen LogP contribution >= 0.6 is 0 Å². The summed E-state index contributed by atoms with van der Waals surface area (Å²) in [5.41, 5.74) is -0.0745. The van der Waals surface area contributed by atoms with E-state index in [9.17, 15) is 9.59 Å². The minimum atomic E-state index is -1.45. The van der Waals surface area contributed by atoms with Crippen molar-refractivity contribution >= 4 is 39.6 Å². The van der Waals surface area contributed by atoms with Crippen molar-refractivity contribution in [2.75, 3.05) is 0 Å². The molecule has 0 spiro atoms. The molecule has 3 rings (SSSR count). The van der Waals surface area contributed by atoms with Crippen LogP contribution in [-0.2, 0) is 9.59 Å². The summed E-state index contributed by atoms with van der Waals surface area (Å²) in [6.45, 7) is 0. The second-order valence-corrected chi connectivity index (χ2v) is 4.90. The molecule has 0 atom stereocenters. The summed E-state index contributed by atoms with van der Waals surface area (Å²) >= 11 is 0. The van der Waals surface area contributed by atoms with Gasteiger partial charge in [-0.3, -0.25) is 0 Å². The Morgan fingerprint density at radius 1 is 0.773 bits per heavy atom. The van der Waals surface area contributed by atoms with Crippen molar-refractivity contribution in [3.8, 4) is 0 Å². The smallest absolute Gasteiger partial charge is 0.343 e. The van der Waals surface area contributed by atoms with Gasteiger partial charge in [0.25, 0.3) is 0 Å². The molecule has 0 unspecified atom stereocenters. The summed E-state index contributed by atoms with van der Waals surface area (Å²) in [5, 5.41) is 21.8. The Bertz CT molecular complexity index is 922. The van der Waals surface area contributed by atoms with Crippen molar-refractivity contribution in [1.29, 1.82) is 0 Å². The lowest BCUT2D eigenvalue weighted by Crippen LogP contribution is -2.10. The van der Waals surface area contributed by atoms with Crippen LogP contribution in [0.5, 0.6) is 0 Å². The zero-order valence-corrected chi connectivity index (χ0v) is 11.5. The molecular formula is C18H12O4. The molecule has 3 aromatic carbocycles. The molecule has 22 heavy (non-hydrogen) atoms. The van der Waals surface area contributed by atoms with E-state index < -0.39 is 17.5 Å². The van der Waals surface area contributed by atoms with E-state index in [1.54, 1.807) is 12.1 Å². The number of carboxylic acid groups (broad SMARTS) is 2. The molecule has 0 fully saturated rings. The van der Waals surface area contributed by atoms with Gasteiger partial charge in [-0.1, -0.05) is 54.6 Å². The standard InChI is InChI=1S/C18H12O4/c19-17(20)15(18(21)22)10-13-6-3-5-12-9-8-11-4-1-2-7-14(11)16(12)13/h1-10H,(H,19,20)(H,21,22). The highest BCUT2D eigenvalue weighted by molar-refractivity contribution is 6.19. The average molecular weight is 292 g/mol. The van der Waals surface area contributed by atoms with Gasteiger partial charge in [-0.15, -0.1) is 0 Å². The van der Waals surface area contributed by atoms with Gasteiger partial charge < -0.3 is 10.2 Å². The largest absolute Gasteiger partial charge is 0.477 e. The first-order chi connectivity index (χ1) is 10.6. The Hall–Kier alpha value is -3.14. The van der Waals surface area contributed by atoms with Crippen LogP contribution in [0.3, 0.4) is 0 Å². The van der Waals surface area contributed by atoms with Crippen LogP contribution < -0.4 is 0 Å². The Morgan fingerprint density at radius 3 is 2.14 bits per heavy atom. The van der Waals surface area contributed by atoms with Gasteiger partial charge >= 0.3 is 11.9 Å². The molecule has 2 N–H and O–H groups in total. The number of hydrogen-bond acceptors (Lipinski definition) is 2. The van der Waals surface area contributed by atoms with Crippen LogP contribution in [0, 0.1) is 0 Å². The minimum absolute atomic E-state index is 0.578. The maximum atomic E-state index is 11.1. The number of carbonyl (C=O) groups is 2. The van der Waals surface area contributed by atoms with Gasteiger partial charge in [0.2, 0.25) is 0 Å². The molecule has 0 aliphatic carbocycles. The fraction of sp³-hybridized carbons (Fsp3) is 0. The zero-order valence-electron chi connectivity index (χ0n) is 11.5. The molecule has 0 aliphatic rings. The number of rotatable bonds is 3. The first kappa shape index (κ1) is 13.8. The summed E-state index contributed by atoms with van der Waals surface area (Å²) in [5.74, 6) is -2.91. The maximum Gasteiger partial charge on any atom is 0.343 e. The number of benzene rings is 3. The van der Waals surface area contributed by atoms with Gasteiger partial charge in [-0.2, -0.15) is 0 Å². The van der Waals surface area contributed by atoms with Crippen LogP contribution in [0.2, 0.25) is 0 Å². The minimum Gasteiger partial charge on any atom is -0.477 e. The topological polar surface area (TPSA) is 74.6 Å². The third kappa shape index (κ3) is 2.31. The third-order valence-electron chi connectivity index (χ3n) is 3.56. The van der Waals surface area contributed by atoms with Gasteiger partial charge in [-0.25, -0.2) is 9.59 Å². The van der Waals surface area contributed by atoms with E-state index in [1.807, 2.05) is 42.5 Å². The van der Waals surface area contributed by atoms with Gasteiger partial charge in [0.1, 0.15) is 5.57 Å². The summed E-state index contributed by atoms with van der Waals surface area (Å²) in [4.78, 5) is 22.2. The summed E-state index contributed by atoms with van der Waals surface area (Å²) in [7, 11) is 0. The second-order valence-electron chi connectivity index (χ2n) is 4.90. The van der Waals surface area contributed by atoms with Crippen molar-refractivity contribution in [1.82, 2.24) is 0 Å². The molecule has 3 aromatic rings. The second kappa shape index (κ2) is 5.33. The molecule has 108 valence electrons. The summed E-state index contributed by atoms with van der Waals surface area (Å²) < 4.78 is 0. The number of fused-ring (bicyclic) bond motifs is 3. The SMILES string of the molecule is O=C(O)C(=Cc1cccc2ccc3ccccc3c12)C(=O)O. The molecule has 0 radical (unpaired) electrons. The highest BCUT2D eigenvalue weighted by Crippen LogP contribution is 2.29. The lowest BCUT2D eigenvalue weighted by Gasteiger charge is -2.07. The molecule has 0 aliphatic heterocycles. The molecule has 0 saturated carbocycles. The summed E-state index contributed by atoms with van der Waals surface area (Å²) in [6, 6.07) is 17.1. The lowest BCUT2D eigenvalue weighted by atomic mass is 9.96. The lowest BCUT2D eigenvalue weighted by molar-refractivity contribution is -0.139.